The average molecular weight is 241 g/mol. The van der Waals surface area contributed by atoms with Crippen LogP contribution in [0.4, 0.5) is 0 Å². The molecule has 2 saturated carbocycles. The van der Waals surface area contributed by atoms with Gasteiger partial charge in [-0.1, -0.05) is 32.1 Å². The minimum atomic E-state index is -0.267. The highest BCUT2D eigenvalue weighted by molar-refractivity contribution is 4.79. The summed E-state index contributed by atoms with van der Waals surface area (Å²) in [4.78, 5) is 0. The van der Waals surface area contributed by atoms with Gasteiger partial charge in [0.1, 0.15) is 0 Å². The highest BCUT2D eigenvalue weighted by Crippen LogP contribution is 2.30. The largest absolute Gasteiger partial charge is 0.391 e. The molecule has 3 heteroatoms. The van der Waals surface area contributed by atoms with Gasteiger partial charge in [-0.3, -0.25) is 0 Å². The maximum Gasteiger partial charge on any atom is 0.0776 e. The van der Waals surface area contributed by atoms with E-state index in [2.05, 4.69) is 0 Å². The van der Waals surface area contributed by atoms with Crippen LogP contribution in [0.2, 0.25) is 0 Å². The third-order valence-corrected chi connectivity index (χ3v) is 4.47. The van der Waals surface area contributed by atoms with Crippen molar-refractivity contribution in [1.29, 1.82) is 0 Å². The molecule has 100 valence electrons. The molecule has 0 aromatic heterocycles. The lowest BCUT2D eigenvalue weighted by Crippen LogP contribution is -2.29. The number of rotatable bonds is 6. The van der Waals surface area contributed by atoms with Crippen LogP contribution in [-0.4, -0.2) is 30.5 Å². The number of nitrogens with two attached hydrogens (primary N) is 1. The molecule has 3 N–H and O–H groups in total. The van der Waals surface area contributed by atoms with Crippen LogP contribution < -0.4 is 5.73 Å². The van der Waals surface area contributed by atoms with Gasteiger partial charge in [-0.2, -0.15) is 0 Å². The molecule has 3 atom stereocenters. The zero-order valence-electron chi connectivity index (χ0n) is 10.8. The van der Waals surface area contributed by atoms with E-state index in [1.54, 1.807) is 0 Å². The molecule has 2 aliphatic carbocycles. The molecular weight excluding hydrogens is 214 g/mol. The minimum absolute atomic E-state index is 0.267. The summed E-state index contributed by atoms with van der Waals surface area (Å²) < 4.78 is 5.85. The fourth-order valence-electron chi connectivity index (χ4n) is 3.43. The number of aliphatic hydroxyl groups excluding tert-OH is 1. The Hall–Kier alpha value is -0.120. The number of ether oxygens (including phenoxy) is 1. The van der Waals surface area contributed by atoms with Gasteiger partial charge in [0.25, 0.3) is 0 Å². The molecule has 3 nitrogen and oxygen atoms in total. The van der Waals surface area contributed by atoms with Crippen molar-refractivity contribution in [2.24, 2.45) is 17.6 Å². The van der Waals surface area contributed by atoms with Gasteiger partial charge in [-0.25, -0.2) is 0 Å². The van der Waals surface area contributed by atoms with Gasteiger partial charge >= 0.3 is 0 Å². The van der Waals surface area contributed by atoms with E-state index in [1.807, 2.05) is 0 Å². The van der Waals surface area contributed by atoms with Crippen molar-refractivity contribution < 1.29 is 9.84 Å². The molecule has 17 heavy (non-hydrogen) atoms. The lowest BCUT2D eigenvalue weighted by atomic mass is 10.0. The van der Waals surface area contributed by atoms with E-state index < -0.39 is 0 Å². The van der Waals surface area contributed by atoms with Crippen molar-refractivity contribution in [3.05, 3.63) is 0 Å². The van der Waals surface area contributed by atoms with Crippen LogP contribution in [0.5, 0.6) is 0 Å². The maximum atomic E-state index is 9.97. The summed E-state index contributed by atoms with van der Waals surface area (Å²) in [5.74, 6) is 1.26. The van der Waals surface area contributed by atoms with E-state index in [0.29, 0.717) is 18.6 Å². The first-order chi connectivity index (χ1) is 8.29. The van der Waals surface area contributed by atoms with E-state index in [4.69, 9.17) is 10.5 Å². The molecule has 2 fully saturated rings. The van der Waals surface area contributed by atoms with Gasteiger partial charge in [0, 0.05) is 0 Å². The van der Waals surface area contributed by atoms with E-state index >= 15 is 0 Å². The van der Waals surface area contributed by atoms with Gasteiger partial charge in [0.15, 0.2) is 0 Å². The highest BCUT2D eigenvalue weighted by atomic mass is 16.5. The monoisotopic (exact) mass is 241 g/mol. The normalized spacial score (nSPS) is 32.1. The Morgan fingerprint density at radius 3 is 2.59 bits per heavy atom. The third kappa shape index (κ3) is 3.94. The average Bonchev–Trinajstić information content (AvgIpc) is 2.96. The van der Waals surface area contributed by atoms with E-state index in [0.717, 1.165) is 25.3 Å². The van der Waals surface area contributed by atoms with Crippen LogP contribution in [0, 0.1) is 11.8 Å². The van der Waals surface area contributed by atoms with E-state index in [1.165, 1.54) is 38.5 Å². The molecule has 2 aliphatic rings. The predicted octanol–water partition coefficient (Wildman–Crippen LogP) is 2.07. The Bertz CT molecular complexity index is 216. The summed E-state index contributed by atoms with van der Waals surface area (Å²) in [6, 6.07) is 0. The van der Waals surface area contributed by atoms with Gasteiger partial charge in [0.05, 0.1) is 18.8 Å². The van der Waals surface area contributed by atoms with Crippen LogP contribution >= 0.6 is 0 Å². The Morgan fingerprint density at radius 1 is 1.12 bits per heavy atom. The van der Waals surface area contributed by atoms with Crippen molar-refractivity contribution in [1.82, 2.24) is 0 Å². The molecule has 0 aromatic rings. The fraction of sp³-hybridized carbons (Fsp3) is 1.00. The van der Waals surface area contributed by atoms with Crippen molar-refractivity contribution in [3.8, 4) is 0 Å². The third-order valence-electron chi connectivity index (χ3n) is 4.47. The number of hydrogen-bond acceptors (Lipinski definition) is 3. The molecule has 0 amide bonds. The van der Waals surface area contributed by atoms with Crippen LogP contribution in [0.1, 0.15) is 51.4 Å². The van der Waals surface area contributed by atoms with Crippen LogP contribution in [0.25, 0.3) is 0 Å². The van der Waals surface area contributed by atoms with Crippen molar-refractivity contribution in [2.75, 3.05) is 13.2 Å². The Kier molecular flexibility index (Phi) is 5.26. The maximum absolute atomic E-state index is 9.97. The lowest BCUT2D eigenvalue weighted by molar-refractivity contribution is -0.0298. The second kappa shape index (κ2) is 6.72. The van der Waals surface area contributed by atoms with E-state index in [9.17, 15) is 5.11 Å². The Labute approximate surface area is 105 Å². The first-order valence-electron chi connectivity index (χ1n) is 7.29. The summed E-state index contributed by atoms with van der Waals surface area (Å²) in [7, 11) is 0. The molecule has 2 rings (SSSR count). The standard InChI is InChI=1S/C14H27NO2/c15-9-12-6-3-7-14(12)17-10-13(16)8-11-4-1-2-5-11/h11-14,16H,1-10,15H2. The van der Waals surface area contributed by atoms with Gasteiger partial charge < -0.3 is 15.6 Å². The summed E-state index contributed by atoms with van der Waals surface area (Å²) >= 11 is 0. The lowest BCUT2D eigenvalue weighted by Gasteiger charge is -2.22. The van der Waals surface area contributed by atoms with Crippen LogP contribution in [0.3, 0.4) is 0 Å². The quantitative estimate of drug-likeness (QED) is 0.748. The number of hydrogen-bond donors (Lipinski definition) is 2. The predicted molar refractivity (Wildman–Crippen MR) is 68.7 cm³/mol. The van der Waals surface area contributed by atoms with Crippen molar-refractivity contribution in [2.45, 2.75) is 63.6 Å². The van der Waals surface area contributed by atoms with E-state index in [-0.39, 0.29) is 6.10 Å². The zero-order chi connectivity index (χ0) is 12.1. The van der Waals surface area contributed by atoms with Gasteiger partial charge in [-0.15, -0.1) is 0 Å². The first kappa shape index (κ1) is 13.3. The summed E-state index contributed by atoms with van der Waals surface area (Å²) in [5.41, 5.74) is 5.72. The molecule has 0 spiro atoms. The van der Waals surface area contributed by atoms with Crippen LogP contribution in [-0.2, 0) is 4.74 Å². The zero-order valence-corrected chi connectivity index (χ0v) is 10.8. The molecule has 0 aromatic carbocycles. The molecule has 0 bridgehead atoms. The van der Waals surface area contributed by atoms with Crippen LogP contribution in [0.15, 0.2) is 0 Å². The Balaban J connectivity index is 1.63. The Morgan fingerprint density at radius 2 is 1.88 bits per heavy atom. The van der Waals surface area contributed by atoms with Gasteiger partial charge in [-0.05, 0) is 37.6 Å². The highest BCUT2D eigenvalue weighted by Gasteiger charge is 2.27. The molecule has 0 saturated heterocycles. The molecule has 0 radical (unpaired) electrons. The second-order valence-electron chi connectivity index (χ2n) is 5.84. The molecular formula is C14H27NO2. The summed E-state index contributed by atoms with van der Waals surface area (Å²) in [5, 5.41) is 9.97. The second-order valence-corrected chi connectivity index (χ2v) is 5.84. The smallest absolute Gasteiger partial charge is 0.0776 e. The SMILES string of the molecule is NCC1CCCC1OCC(O)CC1CCCC1. The van der Waals surface area contributed by atoms with Crippen molar-refractivity contribution >= 4 is 0 Å². The molecule has 3 unspecified atom stereocenters. The number of aliphatic hydroxyl groups is 1. The van der Waals surface area contributed by atoms with Crippen molar-refractivity contribution in [3.63, 3.8) is 0 Å². The molecule has 0 aliphatic heterocycles. The van der Waals surface area contributed by atoms with Gasteiger partial charge in [0.2, 0.25) is 0 Å². The summed E-state index contributed by atoms with van der Waals surface area (Å²) in [6.45, 7) is 1.24. The topological polar surface area (TPSA) is 55.5 Å². The fourth-order valence-corrected chi connectivity index (χ4v) is 3.43. The minimum Gasteiger partial charge on any atom is -0.391 e. The summed E-state index contributed by atoms with van der Waals surface area (Å²) in [6.07, 6.45) is 9.79. The first-order valence-corrected chi connectivity index (χ1v) is 7.29. The molecule has 0 heterocycles.